The highest BCUT2D eigenvalue weighted by Gasteiger charge is 2.03. The van der Waals surface area contributed by atoms with Crippen LogP contribution in [0.2, 0.25) is 0 Å². The molecule has 23 heavy (non-hydrogen) atoms. The summed E-state index contributed by atoms with van der Waals surface area (Å²) in [7, 11) is 4.17. The molecule has 0 aliphatic heterocycles. The molecule has 0 spiro atoms. The Kier molecular flexibility index (Phi) is 6.35. The van der Waals surface area contributed by atoms with Crippen molar-refractivity contribution in [3.05, 3.63) is 41.6 Å². The van der Waals surface area contributed by atoms with Crippen molar-refractivity contribution in [1.82, 2.24) is 14.9 Å². The lowest BCUT2D eigenvalue weighted by atomic mass is 10.1. The molecule has 0 saturated carbocycles. The molecule has 0 amide bonds. The van der Waals surface area contributed by atoms with Crippen molar-refractivity contribution in [3.63, 3.8) is 0 Å². The Morgan fingerprint density at radius 2 is 1.83 bits per heavy atom. The largest absolute Gasteiger partial charge is 0.370 e. The topological polar surface area (TPSA) is 53.1 Å². The van der Waals surface area contributed by atoms with Crippen LogP contribution < -0.4 is 10.6 Å². The summed E-state index contributed by atoms with van der Waals surface area (Å²) in [4.78, 5) is 11.2. The average Bonchev–Trinajstić information content (AvgIpc) is 2.52. The van der Waals surface area contributed by atoms with Crippen LogP contribution in [0, 0.1) is 6.92 Å². The summed E-state index contributed by atoms with van der Waals surface area (Å²) < 4.78 is 0. The van der Waals surface area contributed by atoms with Crippen LogP contribution in [0.25, 0.3) is 0 Å². The molecule has 0 saturated heterocycles. The lowest BCUT2D eigenvalue weighted by Gasteiger charge is -2.12. The fourth-order valence-corrected chi connectivity index (χ4v) is 2.28. The first kappa shape index (κ1) is 17.2. The number of nitrogens with one attached hydrogen (secondary N) is 2. The van der Waals surface area contributed by atoms with Crippen LogP contribution in [0.15, 0.2) is 30.3 Å². The second-order valence-electron chi connectivity index (χ2n) is 5.98. The second-order valence-corrected chi connectivity index (χ2v) is 5.98. The number of anilines is 3. The maximum atomic E-state index is 4.54. The third-order valence-corrected chi connectivity index (χ3v) is 3.56. The second kappa shape index (κ2) is 8.48. The molecule has 1 heterocycles. The Balaban J connectivity index is 1.98. The summed E-state index contributed by atoms with van der Waals surface area (Å²) in [6, 6.07) is 10.3. The number of benzene rings is 1. The molecule has 2 aromatic rings. The van der Waals surface area contributed by atoms with E-state index in [0.29, 0.717) is 5.95 Å². The van der Waals surface area contributed by atoms with Gasteiger partial charge in [-0.2, -0.15) is 4.98 Å². The van der Waals surface area contributed by atoms with Gasteiger partial charge in [-0.3, -0.25) is 0 Å². The van der Waals surface area contributed by atoms with E-state index in [1.165, 1.54) is 5.56 Å². The van der Waals surface area contributed by atoms with Crippen LogP contribution >= 0.6 is 0 Å². The Hall–Kier alpha value is -2.14. The Morgan fingerprint density at radius 3 is 2.48 bits per heavy atom. The highest BCUT2D eigenvalue weighted by molar-refractivity contribution is 5.55. The lowest BCUT2D eigenvalue weighted by molar-refractivity contribution is 0.405. The SMILES string of the molecule is CCc1ccc(Nc2nc(C)cc(NCCCN(C)C)n2)cc1. The van der Waals surface area contributed by atoms with Crippen molar-refractivity contribution in [3.8, 4) is 0 Å². The van der Waals surface area contributed by atoms with Gasteiger partial charge in [-0.25, -0.2) is 4.98 Å². The predicted molar refractivity (Wildman–Crippen MR) is 97.5 cm³/mol. The number of rotatable bonds is 8. The summed E-state index contributed by atoms with van der Waals surface area (Å²) in [5.74, 6) is 1.49. The Bertz CT molecular complexity index is 607. The molecule has 5 heteroatoms. The van der Waals surface area contributed by atoms with E-state index in [9.17, 15) is 0 Å². The van der Waals surface area contributed by atoms with E-state index in [4.69, 9.17) is 0 Å². The van der Waals surface area contributed by atoms with E-state index in [1.807, 2.05) is 13.0 Å². The molecule has 124 valence electrons. The molecule has 0 radical (unpaired) electrons. The minimum atomic E-state index is 0.629. The molecule has 0 aliphatic rings. The van der Waals surface area contributed by atoms with Crippen molar-refractivity contribution >= 4 is 17.5 Å². The fraction of sp³-hybridized carbons (Fsp3) is 0.444. The van der Waals surface area contributed by atoms with E-state index in [2.05, 4.69) is 70.8 Å². The van der Waals surface area contributed by atoms with E-state index in [1.54, 1.807) is 0 Å². The molecule has 0 fully saturated rings. The highest BCUT2D eigenvalue weighted by atomic mass is 15.1. The van der Waals surface area contributed by atoms with Crippen molar-refractivity contribution in [2.24, 2.45) is 0 Å². The molecular formula is C18H27N5. The maximum absolute atomic E-state index is 4.54. The van der Waals surface area contributed by atoms with Gasteiger partial charge in [0.1, 0.15) is 5.82 Å². The molecule has 1 aromatic heterocycles. The summed E-state index contributed by atoms with van der Waals surface area (Å²) in [6.07, 6.45) is 2.12. The molecule has 0 bridgehead atoms. The molecule has 2 N–H and O–H groups in total. The summed E-state index contributed by atoms with van der Waals surface area (Å²) in [5, 5.41) is 6.64. The molecule has 1 aromatic carbocycles. The molecular weight excluding hydrogens is 286 g/mol. The van der Waals surface area contributed by atoms with Crippen LogP contribution in [-0.4, -0.2) is 42.1 Å². The van der Waals surface area contributed by atoms with Gasteiger partial charge in [0, 0.05) is 24.0 Å². The van der Waals surface area contributed by atoms with Gasteiger partial charge in [0.2, 0.25) is 5.95 Å². The van der Waals surface area contributed by atoms with Gasteiger partial charge < -0.3 is 15.5 Å². The first-order valence-electron chi connectivity index (χ1n) is 8.17. The standard InChI is InChI=1S/C18H27N5/c1-5-15-7-9-16(10-8-15)21-18-20-14(2)13-17(22-18)19-11-6-12-23(3)4/h7-10,13H,5-6,11-12H2,1-4H3,(H2,19,20,21,22). The molecule has 2 rings (SSSR count). The first-order chi connectivity index (χ1) is 11.1. The maximum Gasteiger partial charge on any atom is 0.229 e. The zero-order valence-corrected chi connectivity index (χ0v) is 14.6. The van der Waals surface area contributed by atoms with Crippen molar-refractivity contribution in [2.45, 2.75) is 26.7 Å². The highest BCUT2D eigenvalue weighted by Crippen LogP contribution is 2.16. The molecule has 0 unspecified atom stereocenters. The molecule has 0 aliphatic carbocycles. The van der Waals surface area contributed by atoms with Gasteiger partial charge in [-0.05, 0) is 58.1 Å². The number of hydrogen-bond acceptors (Lipinski definition) is 5. The predicted octanol–water partition coefficient (Wildman–Crippen LogP) is 3.45. The van der Waals surface area contributed by atoms with Crippen molar-refractivity contribution < 1.29 is 0 Å². The minimum Gasteiger partial charge on any atom is -0.370 e. The van der Waals surface area contributed by atoms with Crippen LogP contribution in [0.4, 0.5) is 17.5 Å². The molecule has 5 nitrogen and oxygen atoms in total. The van der Waals surface area contributed by atoms with Crippen molar-refractivity contribution in [1.29, 1.82) is 0 Å². The van der Waals surface area contributed by atoms with E-state index in [0.717, 1.165) is 43.1 Å². The summed E-state index contributed by atoms with van der Waals surface area (Å²) >= 11 is 0. The average molecular weight is 313 g/mol. The van der Waals surface area contributed by atoms with E-state index < -0.39 is 0 Å². The normalized spacial score (nSPS) is 10.8. The monoisotopic (exact) mass is 313 g/mol. The van der Waals surface area contributed by atoms with Gasteiger partial charge in [0.25, 0.3) is 0 Å². The van der Waals surface area contributed by atoms with E-state index in [-0.39, 0.29) is 0 Å². The number of aryl methyl sites for hydroxylation is 2. The number of hydrogen-bond donors (Lipinski definition) is 2. The van der Waals surface area contributed by atoms with Gasteiger partial charge in [0.05, 0.1) is 0 Å². The number of nitrogens with zero attached hydrogens (tertiary/aromatic N) is 3. The smallest absolute Gasteiger partial charge is 0.229 e. The lowest BCUT2D eigenvalue weighted by Crippen LogP contribution is -2.16. The van der Waals surface area contributed by atoms with Gasteiger partial charge in [0.15, 0.2) is 0 Å². The summed E-state index contributed by atoms with van der Waals surface area (Å²) in [6.45, 7) is 6.10. The fourth-order valence-electron chi connectivity index (χ4n) is 2.28. The Morgan fingerprint density at radius 1 is 1.09 bits per heavy atom. The van der Waals surface area contributed by atoms with Gasteiger partial charge in [-0.1, -0.05) is 19.1 Å². The van der Waals surface area contributed by atoms with Crippen molar-refractivity contribution in [2.75, 3.05) is 37.8 Å². The van der Waals surface area contributed by atoms with Crippen LogP contribution in [0.5, 0.6) is 0 Å². The number of aromatic nitrogens is 2. The third kappa shape index (κ3) is 5.87. The Labute approximate surface area is 139 Å². The molecule has 0 atom stereocenters. The van der Waals surface area contributed by atoms with E-state index >= 15 is 0 Å². The van der Waals surface area contributed by atoms with Gasteiger partial charge in [-0.15, -0.1) is 0 Å². The van der Waals surface area contributed by atoms with Gasteiger partial charge >= 0.3 is 0 Å². The summed E-state index contributed by atoms with van der Waals surface area (Å²) in [5.41, 5.74) is 3.28. The first-order valence-corrected chi connectivity index (χ1v) is 8.17. The van der Waals surface area contributed by atoms with Crippen LogP contribution in [0.3, 0.4) is 0 Å². The minimum absolute atomic E-state index is 0.629. The zero-order chi connectivity index (χ0) is 16.7. The van der Waals surface area contributed by atoms with Crippen LogP contribution in [-0.2, 0) is 6.42 Å². The zero-order valence-electron chi connectivity index (χ0n) is 14.6. The third-order valence-electron chi connectivity index (χ3n) is 3.56. The quantitative estimate of drug-likeness (QED) is 0.731. The van der Waals surface area contributed by atoms with Crippen LogP contribution in [0.1, 0.15) is 24.6 Å².